The summed E-state index contributed by atoms with van der Waals surface area (Å²) in [4.78, 5) is 39.0. The number of anilines is 1. The number of nitro benzene ring substituents is 1. The third-order valence-corrected chi connectivity index (χ3v) is 7.90. The summed E-state index contributed by atoms with van der Waals surface area (Å²) in [7, 11) is -4.31. The largest absolute Gasteiger partial charge is 0.350 e. The Kier molecular flexibility index (Phi) is 9.82. The van der Waals surface area contributed by atoms with Crippen molar-refractivity contribution in [2.75, 3.05) is 10.8 Å². The van der Waals surface area contributed by atoms with Crippen LogP contribution in [0.25, 0.3) is 0 Å². The molecule has 0 heterocycles. The van der Waals surface area contributed by atoms with Crippen molar-refractivity contribution in [3.8, 4) is 0 Å². The van der Waals surface area contributed by atoms with E-state index in [2.05, 4.69) is 5.32 Å². The molecule has 10 nitrogen and oxygen atoms in total. The minimum Gasteiger partial charge on any atom is -0.350 e. The van der Waals surface area contributed by atoms with E-state index in [0.717, 1.165) is 16.4 Å². The van der Waals surface area contributed by atoms with Gasteiger partial charge in [0.1, 0.15) is 18.4 Å². The van der Waals surface area contributed by atoms with Gasteiger partial charge in [0.05, 0.1) is 15.5 Å². The maximum absolute atomic E-state index is 14.0. The highest BCUT2D eigenvalue weighted by Gasteiger charge is 2.34. The Balaban J connectivity index is 2.07. The fourth-order valence-corrected chi connectivity index (χ4v) is 5.58. The number of hydrogen-bond donors (Lipinski definition) is 1. The first-order valence-corrected chi connectivity index (χ1v) is 14.3. The third kappa shape index (κ3) is 8.10. The summed E-state index contributed by atoms with van der Waals surface area (Å²) < 4.78 is 42.0. The van der Waals surface area contributed by atoms with Crippen molar-refractivity contribution >= 4 is 33.2 Å². The van der Waals surface area contributed by atoms with Crippen molar-refractivity contribution in [1.29, 1.82) is 0 Å². The van der Waals surface area contributed by atoms with Gasteiger partial charge in [-0.1, -0.05) is 37.3 Å². The van der Waals surface area contributed by atoms with Gasteiger partial charge < -0.3 is 10.2 Å². The second-order valence-electron chi connectivity index (χ2n) is 10.4. The monoisotopic (exact) mass is 584 g/mol. The van der Waals surface area contributed by atoms with Crippen LogP contribution in [0.4, 0.5) is 15.8 Å². The SMILES string of the molecule is CC[C@@H](C(=O)NC(C)(C)C)N(Cc1ccc(F)cc1)C(=O)CN(c1ccc([N+](=O)[O-])cc1)S(=O)(=O)c1ccccc1. The number of sulfonamides is 1. The molecule has 2 amide bonds. The fourth-order valence-electron chi connectivity index (χ4n) is 4.15. The Morgan fingerprint density at radius 2 is 1.56 bits per heavy atom. The number of non-ortho nitro benzene ring substituents is 1. The molecule has 0 aromatic heterocycles. The Bertz CT molecular complexity index is 1470. The van der Waals surface area contributed by atoms with Crippen LogP contribution in [-0.2, 0) is 26.2 Å². The Hall–Kier alpha value is -4.32. The average Bonchev–Trinajstić information content (AvgIpc) is 2.92. The number of halogens is 1. The molecule has 0 unspecified atom stereocenters. The van der Waals surface area contributed by atoms with E-state index < -0.39 is 50.7 Å². The molecule has 0 aliphatic rings. The number of rotatable bonds is 11. The molecule has 12 heteroatoms. The van der Waals surface area contributed by atoms with Crippen molar-refractivity contribution in [3.63, 3.8) is 0 Å². The van der Waals surface area contributed by atoms with E-state index in [0.29, 0.717) is 5.56 Å². The lowest BCUT2D eigenvalue weighted by Crippen LogP contribution is -2.55. The summed E-state index contributed by atoms with van der Waals surface area (Å²) in [5.74, 6) is -1.59. The molecule has 0 saturated carbocycles. The van der Waals surface area contributed by atoms with E-state index in [-0.39, 0.29) is 29.2 Å². The minimum absolute atomic E-state index is 0.0294. The van der Waals surface area contributed by atoms with Crippen LogP contribution in [-0.4, -0.2) is 48.2 Å². The van der Waals surface area contributed by atoms with Crippen molar-refractivity contribution < 1.29 is 27.3 Å². The second kappa shape index (κ2) is 12.9. The Morgan fingerprint density at radius 3 is 2.07 bits per heavy atom. The molecule has 0 fully saturated rings. The van der Waals surface area contributed by atoms with Gasteiger partial charge in [0.25, 0.3) is 15.7 Å². The van der Waals surface area contributed by atoms with Crippen molar-refractivity contribution in [3.05, 3.63) is 100 Å². The summed E-state index contributed by atoms with van der Waals surface area (Å²) >= 11 is 0. The van der Waals surface area contributed by atoms with Crippen LogP contribution in [0.1, 0.15) is 39.7 Å². The highest BCUT2D eigenvalue weighted by molar-refractivity contribution is 7.92. The van der Waals surface area contributed by atoms with E-state index in [1.54, 1.807) is 33.8 Å². The van der Waals surface area contributed by atoms with Gasteiger partial charge in [-0.2, -0.15) is 0 Å². The normalized spacial score (nSPS) is 12.3. The smallest absolute Gasteiger partial charge is 0.269 e. The summed E-state index contributed by atoms with van der Waals surface area (Å²) in [5.41, 5.74) is -0.285. The van der Waals surface area contributed by atoms with Gasteiger partial charge in [-0.05, 0) is 69.2 Å². The quantitative estimate of drug-likeness (QED) is 0.258. The van der Waals surface area contributed by atoms with Gasteiger partial charge in [0.15, 0.2) is 0 Å². The molecule has 218 valence electrons. The lowest BCUT2D eigenvalue weighted by atomic mass is 10.1. The van der Waals surface area contributed by atoms with Crippen LogP contribution in [0.5, 0.6) is 0 Å². The van der Waals surface area contributed by atoms with Crippen molar-refractivity contribution in [2.24, 2.45) is 0 Å². The van der Waals surface area contributed by atoms with Crippen molar-refractivity contribution in [2.45, 2.75) is 57.1 Å². The van der Waals surface area contributed by atoms with Crippen LogP contribution in [0.3, 0.4) is 0 Å². The van der Waals surface area contributed by atoms with E-state index >= 15 is 0 Å². The van der Waals surface area contributed by atoms with E-state index in [9.17, 15) is 32.5 Å². The molecule has 1 N–H and O–H groups in total. The molecule has 3 aromatic rings. The number of carbonyl (C=O) groups is 2. The number of nitrogens with zero attached hydrogens (tertiary/aromatic N) is 3. The number of hydrogen-bond acceptors (Lipinski definition) is 6. The highest BCUT2D eigenvalue weighted by atomic mass is 32.2. The van der Waals surface area contributed by atoms with Gasteiger partial charge in [0.2, 0.25) is 11.8 Å². The van der Waals surface area contributed by atoms with Crippen LogP contribution in [0, 0.1) is 15.9 Å². The zero-order chi connectivity index (χ0) is 30.4. The zero-order valence-corrected chi connectivity index (χ0v) is 24.1. The van der Waals surface area contributed by atoms with Gasteiger partial charge in [-0.3, -0.25) is 24.0 Å². The molecule has 0 radical (unpaired) electrons. The fraction of sp³-hybridized carbons (Fsp3) is 0.310. The number of amides is 2. The van der Waals surface area contributed by atoms with E-state index in [1.165, 1.54) is 65.6 Å². The van der Waals surface area contributed by atoms with E-state index in [1.807, 2.05) is 0 Å². The van der Waals surface area contributed by atoms with Crippen LogP contribution in [0.15, 0.2) is 83.8 Å². The molecule has 3 aromatic carbocycles. The first-order chi connectivity index (χ1) is 19.2. The highest BCUT2D eigenvalue weighted by Crippen LogP contribution is 2.27. The predicted octanol–water partition coefficient (Wildman–Crippen LogP) is 4.65. The zero-order valence-electron chi connectivity index (χ0n) is 23.3. The molecule has 0 saturated heterocycles. The lowest BCUT2D eigenvalue weighted by Gasteiger charge is -2.34. The maximum atomic E-state index is 14.0. The number of carbonyl (C=O) groups excluding carboxylic acids is 2. The van der Waals surface area contributed by atoms with Gasteiger partial charge >= 0.3 is 0 Å². The number of nitrogens with one attached hydrogen (secondary N) is 1. The van der Waals surface area contributed by atoms with Gasteiger partial charge in [-0.15, -0.1) is 0 Å². The first kappa shape index (κ1) is 31.2. The average molecular weight is 585 g/mol. The molecule has 0 aliphatic heterocycles. The summed E-state index contributed by atoms with van der Waals surface area (Å²) in [6.07, 6.45) is 0.220. The van der Waals surface area contributed by atoms with Gasteiger partial charge in [0, 0.05) is 24.2 Å². The molecule has 3 rings (SSSR count). The molecule has 1 atom stereocenters. The molecular weight excluding hydrogens is 551 g/mol. The molecular formula is C29H33FN4O6S. The maximum Gasteiger partial charge on any atom is 0.269 e. The first-order valence-electron chi connectivity index (χ1n) is 12.9. The standard InChI is InChI=1S/C29H33FN4O6S/c1-5-26(28(36)31-29(2,3)4)32(19-21-11-13-22(30)14-12-21)27(35)20-33(23-15-17-24(18-16-23)34(37)38)41(39,40)25-9-7-6-8-10-25/h6-18,26H,5,19-20H2,1-4H3,(H,31,36)/t26-/m0/s1. The predicted molar refractivity (Wildman–Crippen MR) is 153 cm³/mol. The van der Waals surface area contributed by atoms with E-state index in [4.69, 9.17) is 0 Å². The van der Waals surface area contributed by atoms with Crippen LogP contribution in [0.2, 0.25) is 0 Å². The lowest BCUT2D eigenvalue weighted by molar-refractivity contribution is -0.384. The van der Waals surface area contributed by atoms with Crippen LogP contribution < -0.4 is 9.62 Å². The Labute approximate surface area is 239 Å². The summed E-state index contributed by atoms with van der Waals surface area (Å²) in [6, 6.07) is 16.7. The van der Waals surface area contributed by atoms with Crippen molar-refractivity contribution in [1.82, 2.24) is 10.2 Å². The minimum atomic E-state index is -4.31. The topological polar surface area (TPSA) is 130 Å². The Morgan fingerprint density at radius 1 is 0.976 bits per heavy atom. The molecule has 0 spiro atoms. The van der Waals surface area contributed by atoms with Crippen LogP contribution >= 0.6 is 0 Å². The molecule has 41 heavy (non-hydrogen) atoms. The third-order valence-electron chi connectivity index (χ3n) is 6.11. The second-order valence-corrected chi connectivity index (χ2v) is 12.3. The summed E-state index contributed by atoms with van der Waals surface area (Å²) in [6.45, 7) is 6.34. The summed E-state index contributed by atoms with van der Waals surface area (Å²) in [5, 5.41) is 14.1. The number of benzene rings is 3. The number of nitro groups is 1. The molecule has 0 bridgehead atoms. The molecule has 0 aliphatic carbocycles. The van der Waals surface area contributed by atoms with Gasteiger partial charge in [-0.25, -0.2) is 12.8 Å².